The van der Waals surface area contributed by atoms with Crippen LogP contribution in [0, 0.1) is 0 Å². The zero-order valence-electron chi connectivity index (χ0n) is 22.5. The monoisotopic (exact) mass is 448 g/mol. The number of carbonyl (C=O) groups is 3. The fourth-order valence-electron chi connectivity index (χ4n) is 3.53. The quantitative estimate of drug-likeness (QED) is 0.565. The summed E-state index contributed by atoms with van der Waals surface area (Å²) < 4.78 is 44.5. The number of carbonyl (C=O) groups excluding carboxylic acids is 3. The Labute approximate surface area is 193 Å². The molecular weight excluding hydrogens is 420 g/mol. The number of aromatic nitrogens is 3. The number of halogens is 1. The van der Waals surface area contributed by atoms with Gasteiger partial charge < -0.3 is 15.1 Å². The summed E-state index contributed by atoms with van der Waals surface area (Å²) in [4.78, 5) is 52.3. The molecule has 0 spiro atoms. The van der Waals surface area contributed by atoms with Crippen LogP contribution in [0.4, 0.5) is 0 Å². The minimum Gasteiger partial charge on any atom is -0.354 e. The maximum absolute atomic E-state index is 12.9. The van der Waals surface area contributed by atoms with Gasteiger partial charge in [-0.25, -0.2) is 15.0 Å². The van der Waals surface area contributed by atoms with Gasteiger partial charge in [-0.1, -0.05) is 18.2 Å². The first-order valence-corrected chi connectivity index (χ1v) is 9.55. The van der Waals surface area contributed by atoms with Crippen LogP contribution in [0.2, 0.25) is 5.15 Å². The molecule has 0 aromatic carbocycles. The van der Waals surface area contributed by atoms with Crippen LogP contribution in [0.5, 0.6) is 0 Å². The Balaban J connectivity index is 2.07. The lowest BCUT2D eigenvalue weighted by molar-refractivity contribution is -0.143. The van der Waals surface area contributed by atoms with Gasteiger partial charge in [-0.2, -0.15) is 0 Å². The molecule has 2 aromatic heterocycles. The summed E-state index contributed by atoms with van der Waals surface area (Å²) in [7, 11) is 0. The van der Waals surface area contributed by atoms with E-state index < -0.39 is 37.7 Å². The van der Waals surface area contributed by atoms with Gasteiger partial charge in [-0.05, 0) is 36.8 Å². The average molecular weight is 449 g/mol. The molecule has 2 atom stereocenters. The van der Waals surface area contributed by atoms with Crippen molar-refractivity contribution in [3.8, 4) is 11.4 Å². The van der Waals surface area contributed by atoms with Crippen LogP contribution in [0.1, 0.15) is 44.1 Å². The highest BCUT2D eigenvalue weighted by molar-refractivity contribution is 6.29. The number of nitrogens with zero attached hydrogens (tertiary/aromatic N) is 5. The standard InChI is InChI=1S/C21H23ClN6O3/c1-5-20(30)27-9-12(2)28(13(3)29)18(10-27)14-6-16(26-19(22)7-14)15-8-17(21(31)23-4)25-11-24-15/h5-8,11-12,18H,1,9-10H2,2-4H3,(H,23,31)/t12-,18+/m1/s1/i3D3,4D3. The molecule has 1 saturated heterocycles. The first kappa shape index (κ1) is 15.5. The van der Waals surface area contributed by atoms with E-state index in [9.17, 15) is 14.4 Å². The highest BCUT2D eigenvalue weighted by Crippen LogP contribution is 2.32. The molecule has 3 rings (SSSR count). The minimum absolute atomic E-state index is 0.0271. The summed E-state index contributed by atoms with van der Waals surface area (Å²) in [6, 6.07) is 2.60. The molecule has 9 nitrogen and oxygen atoms in total. The number of rotatable bonds is 4. The number of amides is 3. The van der Waals surface area contributed by atoms with Gasteiger partial charge in [0.15, 0.2) is 0 Å². The van der Waals surface area contributed by atoms with Crippen LogP contribution >= 0.6 is 11.6 Å². The van der Waals surface area contributed by atoms with E-state index in [4.69, 9.17) is 19.8 Å². The summed E-state index contributed by atoms with van der Waals surface area (Å²) in [6.07, 6.45) is 2.17. The highest BCUT2D eigenvalue weighted by atomic mass is 35.5. The van der Waals surface area contributed by atoms with Crippen LogP contribution in [0.3, 0.4) is 0 Å². The fraction of sp³-hybridized carbons (Fsp3) is 0.333. The van der Waals surface area contributed by atoms with Crippen LogP contribution < -0.4 is 5.32 Å². The van der Waals surface area contributed by atoms with Crippen molar-refractivity contribution in [1.29, 1.82) is 0 Å². The lowest BCUT2D eigenvalue weighted by Gasteiger charge is -2.45. The maximum Gasteiger partial charge on any atom is 0.269 e. The van der Waals surface area contributed by atoms with E-state index in [0.717, 1.165) is 12.4 Å². The van der Waals surface area contributed by atoms with Crippen LogP contribution in [0.15, 0.2) is 37.2 Å². The number of hydrogen-bond donors (Lipinski definition) is 1. The smallest absolute Gasteiger partial charge is 0.269 e. The second-order valence-electron chi connectivity index (χ2n) is 6.88. The predicted molar refractivity (Wildman–Crippen MR) is 115 cm³/mol. The van der Waals surface area contributed by atoms with Gasteiger partial charge in [0.05, 0.1) is 17.4 Å². The van der Waals surface area contributed by atoms with E-state index in [-0.39, 0.29) is 41.2 Å². The number of nitrogens with one attached hydrogen (secondary N) is 1. The number of piperazine rings is 1. The van der Waals surface area contributed by atoms with E-state index in [2.05, 4.69) is 21.5 Å². The Morgan fingerprint density at radius 2 is 2.06 bits per heavy atom. The van der Waals surface area contributed by atoms with Crippen molar-refractivity contribution < 1.29 is 22.6 Å². The zero-order chi connectivity index (χ0) is 27.7. The lowest BCUT2D eigenvalue weighted by Crippen LogP contribution is -2.56. The lowest BCUT2D eigenvalue weighted by atomic mass is 9.98. The molecular formula is C21H23ClN6O3. The molecule has 162 valence electrons. The topological polar surface area (TPSA) is 108 Å². The first-order valence-electron chi connectivity index (χ1n) is 12.2. The molecule has 0 aliphatic carbocycles. The van der Waals surface area contributed by atoms with Crippen LogP contribution in [0.25, 0.3) is 11.4 Å². The van der Waals surface area contributed by atoms with Crippen LogP contribution in [-0.2, 0) is 9.59 Å². The average Bonchev–Trinajstić information content (AvgIpc) is 2.80. The number of hydrogen-bond acceptors (Lipinski definition) is 6. The summed E-state index contributed by atoms with van der Waals surface area (Å²) in [6.45, 7) is -0.467. The normalized spacial score (nSPS) is 22.1. The van der Waals surface area contributed by atoms with E-state index >= 15 is 0 Å². The Kier molecular flexibility index (Phi) is 4.60. The fourth-order valence-corrected chi connectivity index (χ4v) is 3.75. The Morgan fingerprint density at radius 3 is 2.77 bits per heavy atom. The molecule has 1 aliphatic rings. The highest BCUT2D eigenvalue weighted by Gasteiger charge is 2.36. The molecule has 0 unspecified atom stereocenters. The Hall–Kier alpha value is -3.33. The molecule has 3 amide bonds. The van der Waals surface area contributed by atoms with Crippen molar-refractivity contribution in [1.82, 2.24) is 30.1 Å². The van der Waals surface area contributed by atoms with E-state index in [1.165, 1.54) is 28.0 Å². The van der Waals surface area contributed by atoms with E-state index in [1.54, 1.807) is 6.92 Å². The zero-order valence-corrected chi connectivity index (χ0v) is 17.3. The van der Waals surface area contributed by atoms with Gasteiger partial charge in [0.1, 0.15) is 17.2 Å². The van der Waals surface area contributed by atoms with Crippen LogP contribution in [-0.4, -0.2) is 68.6 Å². The molecule has 0 bridgehead atoms. The van der Waals surface area contributed by atoms with Crippen molar-refractivity contribution in [2.24, 2.45) is 0 Å². The van der Waals surface area contributed by atoms with Gasteiger partial charge in [-0.3, -0.25) is 14.4 Å². The van der Waals surface area contributed by atoms with Gasteiger partial charge in [0.2, 0.25) is 11.8 Å². The van der Waals surface area contributed by atoms with E-state index in [0.29, 0.717) is 5.56 Å². The minimum atomic E-state index is -2.92. The second kappa shape index (κ2) is 9.22. The molecule has 1 aliphatic heterocycles. The molecule has 10 heteroatoms. The summed E-state index contributed by atoms with van der Waals surface area (Å²) in [5.41, 5.74) is 0.394. The number of pyridine rings is 1. The van der Waals surface area contributed by atoms with Crippen molar-refractivity contribution in [2.45, 2.75) is 25.9 Å². The van der Waals surface area contributed by atoms with Crippen molar-refractivity contribution in [3.05, 3.63) is 53.6 Å². The Morgan fingerprint density at radius 1 is 1.26 bits per heavy atom. The summed E-state index contributed by atoms with van der Waals surface area (Å²) >= 11 is 6.27. The molecule has 1 N–H and O–H groups in total. The molecule has 2 aromatic rings. The third kappa shape index (κ3) is 4.72. The predicted octanol–water partition coefficient (Wildman–Crippen LogP) is 1.86. The van der Waals surface area contributed by atoms with Gasteiger partial charge >= 0.3 is 0 Å². The third-order valence-corrected chi connectivity index (χ3v) is 5.08. The van der Waals surface area contributed by atoms with E-state index in [1.807, 2.05) is 5.32 Å². The molecule has 0 radical (unpaired) electrons. The molecule has 0 saturated carbocycles. The maximum atomic E-state index is 12.9. The molecule has 31 heavy (non-hydrogen) atoms. The molecule has 3 heterocycles. The van der Waals surface area contributed by atoms with Gasteiger partial charge in [0.25, 0.3) is 5.91 Å². The van der Waals surface area contributed by atoms with Crippen molar-refractivity contribution in [2.75, 3.05) is 20.1 Å². The largest absolute Gasteiger partial charge is 0.354 e. The Bertz CT molecular complexity index is 1240. The third-order valence-electron chi connectivity index (χ3n) is 4.89. The first-order chi connectivity index (χ1) is 17.1. The molecule has 1 fully saturated rings. The van der Waals surface area contributed by atoms with Gasteiger partial charge in [-0.15, -0.1) is 0 Å². The second-order valence-corrected chi connectivity index (χ2v) is 7.26. The summed E-state index contributed by atoms with van der Waals surface area (Å²) in [5, 5.41) is 1.80. The summed E-state index contributed by atoms with van der Waals surface area (Å²) in [5.74, 6) is -2.44. The van der Waals surface area contributed by atoms with Gasteiger partial charge in [0, 0.05) is 41.2 Å². The van der Waals surface area contributed by atoms with Crippen molar-refractivity contribution in [3.63, 3.8) is 0 Å². The SMILES string of the molecule is [2H]C([2H])([2H])NC(=O)c1cc(-c2cc([C@@H]3CN(C(=O)C=C)C[C@@H](C)N3C(=O)C([2H])([2H])[2H])cc(Cl)n2)ncn1. The van der Waals surface area contributed by atoms with Crippen molar-refractivity contribution >= 4 is 29.3 Å².